The van der Waals surface area contributed by atoms with Crippen LogP contribution < -0.4 is 5.32 Å². The van der Waals surface area contributed by atoms with Crippen LogP contribution in [-0.4, -0.2) is 25.9 Å². The molecule has 1 N–H and O–H groups in total. The summed E-state index contributed by atoms with van der Waals surface area (Å²) in [6.45, 7) is 3.80. The predicted octanol–water partition coefficient (Wildman–Crippen LogP) is 3.83. The van der Waals surface area contributed by atoms with E-state index in [0.29, 0.717) is 10.8 Å². The Bertz CT molecular complexity index is 879. The monoisotopic (exact) mass is 356 g/mol. The van der Waals surface area contributed by atoms with E-state index in [1.807, 2.05) is 35.8 Å². The zero-order valence-corrected chi connectivity index (χ0v) is 14.6. The number of thioether (sulfide) groups is 1. The third-order valence-corrected chi connectivity index (χ3v) is 4.71. The number of nitrogens with zero attached hydrogens (tertiary/aromatic N) is 3. The number of para-hydroxylation sites is 1. The number of hydrogen-bond acceptors (Lipinski definition) is 4. The predicted molar refractivity (Wildman–Crippen MR) is 96.4 cm³/mol. The molecule has 1 heterocycles. The fourth-order valence-electron chi connectivity index (χ4n) is 2.29. The second-order valence-corrected chi connectivity index (χ2v) is 6.83. The molecule has 0 aliphatic carbocycles. The zero-order chi connectivity index (χ0) is 17.8. The molecule has 3 rings (SSSR count). The standard InChI is InChI=1S/C18H17FN4OS/c1-12-5-3-4-6-16(12)23-11-20-22-18(23)25-13(2)17(24)21-15-9-7-14(19)8-10-15/h3-11,13H,1-2H3,(H,21,24)/t13-/m0/s1. The lowest BCUT2D eigenvalue weighted by Crippen LogP contribution is -2.22. The molecule has 0 saturated heterocycles. The molecule has 0 spiro atoms. The van der Waals surface area contributed by atoms with Gasteiger partial charge in [0.1, 0.15) is 12.1 Å². The maximum absolute atomic E-state index is 12.9. The number of nitrogens with one attached hydrogen (secondary N) is 1. The van der Waals surface area contributed by atoms with Crippen molar-refractivity contribution in [2.24, 2.45) is 0 Å². The molecule has 2 aromatic carbocycles. The van der Waals surface area contributed by atoms with Gasteiger partial charge in [-0.05, 0) is 49.7 Å². The molecule has 0 aliphatic rings. The summed E-state index contributed by atoms with van der Waals surface area (Å²) in [5.74, 6) is -0.525. The number of aromatic nitrogens is 3. The van der Waals surface area contributed by atoms with Crippen molar-refractivity contribution in [3.8, 4) is 5.69 Å². The maximum Gasteiger partial charge on any atom is 0.237 e. The van der Waals surface area contributed by atoms with Gasteiger partial charge in [0, 0.05) is 5.69 Å². The molecule has 0 aliphatic heterocycles. The summed E-state index contributed by atoms with van der Waals surface area (Å²) in [5.41, 5.74) is 2.62. The number of amides is 1. The molecular weight excluding hydrogens is 339 g/mol. The van der Waals surface area contributed by atoms with Gasteiger partial charge < -0.3 is 5.32 Å². The first-order valence-electron chi connectivity index (χ1n) is 7.73. The quantitative estimate of drug-likeness (QED) is 0.706. The van der Waals surface area contributed by atoms with E-state index in [0.717, 1.165) is 11.3 Å². The highest BCUT2D eigenvalue weighted by Gasteiger charge is 2.19. The Morgan fingerprint density at radius 2 is 1.92 bits per heavy atom. The molecule has 5 nitrogen and oxygen atoms in total. The second-order valence-electron chi connectivity index (χ2n) is 5.53. The van der Waals surface area contributed by atoms with E-state index in [4.69, 9.17) is 0 Å². The molecular formula is C18H17FN4OS. The van der Waals surface area contributed by atoms with E-state index in [2.05, 4.69) is 15.5 Å². The molecule has 1 aromatic heterocycles. The molecule has 1 atom stereocenters. The number of carbonyl (C=O) groups excluding carboxylic acids is 1. The highest BCUT2D eigenvalue weighted by Crippen LogP contribution is 2.26. The average Bonchev–Trinajstić information content (AvgIpc) is 3.05. The summed E-state index contributed by atoms with van der Waals surface area (Å²) in [4.78, 5) is 12.4. The molecule has 0 unspecified atom stereocenters. The zero-order valence-electron chi connectivity index (χ0n) is 13.8. The molecule has 0 radical (unpaired) electrons. The summed E-state index contributed by atoms with van der Waals surface area (Å²) in [5, 5.41) is 11.1. The Balaban J connectivity index is 1.72. The van der Waals surface area contributed by atoms with Gasteiger partial charge in [0.25, 0.3) is 0 Å². The van der Waals surface area contributed by atoms with Gasteiger partial charge in [-0.3, -0.25) is 9.36 Å². The largest absolute Gasteiger partial charge is 0.325 e. The average molecular weight is 356 g/mol. The summed E-state index contributed by atoms with van der Waals surface area (Å²) in [6, 6.07) is 13.6. The van der Waals surface area contributed by atoms with E-state index in [9.17, 15) is 9.18 Å². The van der Waals surface area contributed by atoms with Crippen molar-refractivity contribution in [2.75, 3.05) is 5.32 Å². The van der Waals surface area contributed by atoms with Crippen LogP contribution in [0, 0.1) is 12.7 Å². The topological polar surface area (TPSA) is 59.8 Å². The van der Waals surface area contributed by atoms with Gasteiger partial charge in [-0.25, -0.2) is 4.39 Å². The van der Waals surface area contributed by atoms with Crippen LogP contribution in [0.25, 0.3) is 5.69 Å². The summed E-state index contributed by atoms with van der Waals surface area (Å²) in [7, 11) is 0. The van der Waals surface area contributed by atoms with Crippen molar-refractivity contribution in [3.63, 3.8) is 0 Å². The summed E-state index contributed by atoms with van der Waals surface area (Å²) in [6.07, 6.45) is 1.63. The fourth-order valence-corrected chi connectivity index (χ4v) is 3.13. The van der Waals surface area contributed by atoms with Crippen LogP contribution in [0.2, 0.25) is 0 Å². The summed E-state index contributed by atoms with van der Waals surface area (Å²) >= 11 is 1.31. The fraction of sp³-hybridized carbons (Fsp3) is 0.167. The van der Waals surface area contributed by atoms with Crippen molar-refractivity contribution >= 4 is 23.4 Å². The van der Waals surface area contributed by atoms with Gasteiger partial charge in [-0.2, -0.15) is 0 Å². The van der Waals surface area contributed by atoms with Crippen LogP contribution in [0.5, 0.6) is 0 Å². The highest BCUT2D eigenvalue weighted by atomic mass is 32.2. The Kier molecular flexibility index (Phi) is 5.14. The minimum Gasteiger partial charge on any atom is -0.325 e. The molecule has 1 amide bonds. The molecule has 3 aromatic rings. The van der Waals surface area contributed by atoms with Gasteiger partial charge in [0.2, 0.25) is 5.91 Å². The smallest absolute Gasteiger partial charge is 0.237 e. The molecule has 7 heteroatoms. The van der Waals surface area contributed by atoms with E-state index in [1.165, 1.54) is 36.0 Å². The summed E-state index contributed by atoms with van der Waals surface area (Å²) < 4.78 is 14.8. The van der Waals surface area contributed by atoms with Gasteiger partial charge in [-0.15, -0.1) is 10.2 Å². The van der Waals surface area contributed by atoms with Crippen LogP contribution in [0.3, 0.4) is 0 Å². The Morgan fingerprint density at radius 3 is 2.64 bits per heavy atom. The van der Waals surface area contributed by atoms with Gasteiger partial charge in [0.05, 0.1) is 10.9 Å². The minimum absolute atomic E-state index is 0.184. The molecule has 0 fully saturated rings. The minimum atomic E-state index is -0.392. The van der Waals surface area contributed by atoms with Crippen molar-refractivity contribution in [2.45, 2.75) is 24.3 Å². The van der Waals surface area contributed by atoms with Crippen LogP contribution >= 0.6 is 11.8 Å². The first-order valence-corrected chi connectivity index (χ1v) is 8.61. The number of halogens is 1. The van der Waals surface area contributed by atoms with Crippen molar-refractivity contribution in [1.29, 1.82) is 0 Å². The van der Waals surface area contributed by atoms with E-state index in [1.54, 1.807) is 13.3 Å². The normalized spacial score (nSPS) is 12.0. The number of aryl methyl sites for hydroxylation is 1. The van der Waals surface area contributed by atoms with Crippen LogP contribution in [0.15, 0.2) is 60.0 Å². The van der Waals surface area contributed by atoms with Gasteiger partial charge in [-0.1, -0.05) is 30.0 Å². The first-order chi connectivity index (χ1) is 12.0. The molecule has 0 bridgehead atoms. The number of rotatable bonds is 5. The second kappa shape index (κ2) is 7.48. The number of benzene rings is 2. The Labute approximate surface area is 149 Å². The maximum atomic E-state index is 12.9. The van der Waals surface area contributed by atoms with Crippen molar-refractivity contribution in [3.05, 3.63) is 66.2 Å². The van der Waals surface area contributed by atoms with Gasteiger partial charge >= 0.3 is 0 Å². The molecule has 25 heavy (non-hydrogen) atoms. The Morgan fingerprint density at radius 1 is 1.20 bits per heavy atom. The van der Waals surface area contributed by atoms with E-state index >= 15 is 0 Å². The lowest BCUT2D eigenvalue weighted by atomic mass is 10.2. The van der Waals surface area contributed by atoms with Crippen molar-refractivity contribution < 1.29 is 9.18 Å². The lowest BCUT2D eigenvalue weighted by molar-refractivity contribution is -0.115. The molecule has 0 saturated carbocycles. The van der Waals surface area contributed by atoms with Crippen LogP contribution in [0.1, 0.15) is 12.5 Å². The highest BCUT2D eigenvalue weighted by molar-refractivity contribution is 8.00. The number of anilines is 1. The number of carbonyl (C=O) groups is 1. The lowest BCUT2D eigenvalue weighted by Gasteiger charge is -2.13. The third kappa shape index (κ3) is 4.06. The van der Waals surface area contributed by atoms with Crippen LogP contribution in [-0.2, 0) is 4.79 Å². The SMILES string of the molecule is Cc1ccccc1-n1cnnc1S[C@@H](C)C(=O)Nc1ccc(F)cc1. The van der Waals surface area contributed by atoms with Crippen molar-refractivity contribution in [1.82, 2.24) is 14.8 Å². The molecule has 128 valence electrons. The van der Waals surface area contributed by atoms with E-state index < -0.39 is 5.25 Å². The first kappa shape index (κ1) is 17.2. The Hall–Kier alpha value is -2.67. The third-order valence-electron chi connectivity index (χ3n) is 3.65. The van der Waals surface area contributed by atoms with Gasteiger partial charge in [0.15, 0.2) is 5.16 Å². The number of hydrogen-bond donors (Lipinski definition) is 1. The van der Waals surface area contributed by atoms with Crippen LogP contribution in [0.4, 0.5) is 10.1 Å². The van der Waals surface area contributed by atoms with E-state index in [-0.39, 0.29) is 11.7 Å².